The second-order valence-electron chi connectivity index (χ2n) is 7.64. The highest BCUT2D eigenvalue weighted by atomic mass is 16.3. The summed E-state index contributed by atoms with van der Waals surface area (Å²) in [5.74, 6) is 1.42. The summed E-state index contributed by atoms with van der Waals surface area (Å²) < 4.78 is 0. The van der Waals surface area contributed by atoms with Gasteiger partial charge in [-0.1, -0.05) is 31.2 Å². The molecule has 0 aromatic rings. The molecule has 124 valence electrons. The van der Waals surface area contributed by atoms with Gasteiger partial charge in [-0.25, -0.2) is 0 Å². The fraction of sp³-hybridized carbons (Fsp3) is 0.600. The summed E-state index contributed by atoms with van der Waals surface area (Å²) in [4.78, 5) is 22.3. The van der Waals surface area contributed by atoms with Crippen molar-refractivity contribution in [2.45, 2.75) is 45.6 Å². The van der Waals surface area contributed by atoms with E-state index in [1.54, 1.807) is 13.0 Å². The highest BCUT2D eigenvalue weighted by Gasteiger charge is 2.61. The molecule has 3 heteroatoms. The van der Waals surface area contributed by atoms with Gasteiger partial charge >= 0.3 is 0 Å². The first-order valence-electron chi connectivity index (χ1n) is 8.67. The van der Waals surface area contributed by atoms with E-state index >= 15 is 0 Å². The molecule has 3 aliphatic rings. The number of aliphatic hydroxyl groups excluding tert-OH is 1. The Balaban J connectivity index is 1.97. The van der Waals surface area contributed by atoms with Crippen molar-refractivity contribution in [1.29, 1.82) is 0 Å². The molecule has 0 heterocycles. The molecule has 0 aromatic carbocycles. The van der Waals surface area contributed by atoms with Crippen LogP contribution in [-0.4, -0.2) is 23.8 Å². The molecule has 2 saturated carbocycles. The molecule has 0 spiro atoms. The molecule has 3 aliphatic carbocycles. The number of rotatable bonds is 4. The van der Waals surface area contributed by atoms with Crippen LogP contribution < -0.4 is 0 Å². The predicted molar refractivity (Wildman–Crippen MR) is 89.6 cm³/mol. The summed E-state index contributed by atoms with van der Waals surface area (Å²) in [7, 11) is 0. The van der Waals surface area contributed by atoms with Crippen LogP contribution in [0.4, 0.5) is 0 Å². The molecule has 0 bridgehead atoms. The molecule has 6 atom stereocenters. The van der Waals surface area contributed by atoms with Gasteiger partial charge in [0.15, 0.2) is 0 Å². The van der Waals surface area contributed by atoms with Gasteiger partial charge in [-0.05, 0) is 61.5 Å². The van der Waals surface area contributed by atoms with Gasteiger partial charge in [0, 0.05) is 11.3 Å². The van der Waals surface area contributed by atoms with Crippen LogP contribution in [0.2, 0.25) is 0 Å². The van der Waals surface area contributed by atoms with Crippen LogP contribution in [-0.2, 0) is 9.59 Å². The summed E-state index contributed by atoms with van der Waals surface area (Å²) in [5.41, 5.74) is 1.14. The van der Waals surface area contributed by atoms with Gasteiger partial charge in [0.2, 0.25) is 0 Å². The molecule has 1 N–H and O–H groups in total. The minimum Gasteiger partial charge on any atom is -0.392 e. The van der Waals surface area contributed by atoms with E-state index in [4.69, 9.17) is 0 Å². The third-order valence-corrected chi connectivity index (χ3v) is 6.49. The molecule has 23 heavy (non-hydrogen) atoms. The Morgan fingerprint density at radius 1 is 1.30 bits per heavy atom. The number of carbonyl (C=O) groups excluding carboxylic acids is 2. The highest BCUT2D eigenvalue weighted by Crippen LogP contribution is 2.63. The van der Waals surface area contributed by atoms with Crippen LogP contribution in [0, 0.1) is 29.1 Å². The summed E-state index contributed by atoms with van der Waals surface area (Å²) in [6.07, 6.45) is 13.5. The van der Waals surface area contributed by atoms with Crippen molar-refractivity contribution >= 4 is 12.6 Å². The Kier molecular flexibility index (Phi) is 4.41. The standard InChI is InChI=1S/C20H26O3/c1-13(11-21)5-4-10-20(2)16-9-8-14-6-3-7-15(12-22)18(17(14)16)19(20)23/h4-5,7,10-12,14,16-19,23H,3,6,8-9H2,1-2H3/b10-4-,13-5-/t14-,16-,17+,18-,19+,20+/m0/s1. The van der Waals surface area contributed by atoms with Crippen LogP contribution >= 0.6 is 0 Å². The van der Waals surface area contributed by atoms with Gasteiger partial charge in [0.25, 0.3) is 0 Å². The Bertz CT molecular complexity index is 586. The highest BCUT2D eigenvalue weighted by molar-refractivity contribution is 5.75. The molecule has 0 unspecified atom stereocenters. The van der Waals surface area contributed by atoms with Crippen molar-refractivity contribution in [1.82, 2.24) is 0 Å². The number of aldehydes is 2. The lowest BCUT2D eigenvalue weighted by Gasteiger charge is -2.31. The average molecular weight is 314 g/mol. The molecule has 0 aromatic heterocycles. The van der Waals surface area contributed by atoms with Crippen molar-refractivity contribution in [3.05, 3.63) is 35.5 Å². The number of carbonyl (C=O) groups is 2. The summed E-state index contributed by atoms with van der Waals surface area (Å²) in [6, 6.07) is 0. The Morgan fingerprint density at radius 2 is 2.09 bits per heavy atom. The summed E-state index contributed by atoms with van der Waals surface area (Å²) in [6.45, 7) is 3.88. The Morgan fingerprint density at radius 3 is 2.78 bits per heavy atom. The van der Waals surface area contributed by atoms with E-state index in [2.05, 4.69) is 13.0 Å². The smallest absolute Gasteiger partial charge is 0.146 e. The van der Waals surface area contributed by atoms with E-state index in [0.717, 1.165) is 37.4 Å². The van der Waals surface area contributed by atoms with Gasteiger partial charge in [0.05, 0.1) is 6.10 Å². The van der Waals surface area contributed by atoms with Crippen molar-refractivity contribution in [2.75, 3.05) is 0 Å². The van der Waals surface area contributed by atoms with Gasteiger partial charge in [0.1, 0.15) is 12.6 Å². The van der Waals surface area contributed by atoms with E-state index in [1.807, 2.05) is 12.2 Å². The van der Waals surface area contributed by atoms with Crippen molar-refractivity contribution in [3.63, 3.8) is 0 Å². The van der Waals surface area contributed by atoms with E-state index in [0.29, 0.717) is 23.3 Å². The van der Waals surface area contributed by atoms with Gasteiger partial charge in [-0.15, -0.1) is 0 Å². The van der Waals surface area contributed by atoms with E-state index < -0.39 is 6.10 Å². The number of hydrogen-bond acceptors (Lipinski definition) is 3. The molecule has 3 nitrogen and oxygen atoms in total. The lowest BCUT2D eigenvalue weighted by Crippen LogP contribution is -2.33. The zero-order valence-electron chi connectivity index (χ0n) is 13.9. The number of allylic oxidation sites excluding steroid dienone is 4. The lowest BCUT2D eigenvalue weighted by atomic mass is 9.75. The van der Waals surface area contributed by atoms with Gasteiger partial charge < -0.3 is 5.11 Å². The zero-order valence-corrected chi connectivity index (χ0v) is 13.9. The third kappa shape index (κ3) is 2.55. The van der Waals surface area contributed by atoms with Crippen LogP contribution in [0.15, 0.2) is 35.5 Å². The molecular weight excluding hydrogens is 288 g/mol. The van der Waals surface area contributed by atoms with Gasteiger partial charge in [-0.3, -0.25) is 9.59 Å². The molecule has 2 fully saturated rings. The van der Waals surface area contributed by atoms with Crippen LogP contribution in [0.3, 0.4) is 0 Å². The Hall–Kier alpha value is -1.48. The predicted octanol–water partition coefficient (Wildman–Crippen LogP) is 3.25. The number of hydrogen-bond donors (Lipinski definition) is 1. The average Bonchev–Trinajstić information content (AvgIpc) is 2.97. The van der Waals surface area contributed by atoms with Crippen molar-refractivity contribution < 1.29 is 14.7 Å². The molecule has 0 radical (unpaired) electrons. The SMILES string of the molecule is C/C(C=O)=C/C=C\[C@@]1(C)[C@H](O)[C@H]2C(C=O)=CCC[C@H]3CC[C@H]1[C@@H]32. The first-order valence-corrected chi connectivity index (χ1v) is 8.67. The maximum absolute atomic E-state index is 11.5. The minimum atomic E-state index is -0.531. The second-order valence-corrected chi connectivity index (χ2v) is 7.64. The largest absolute Gasteiger partial charge is 0.392 e. The molecule has 0 aliphatic heterocycles. The van der Waals surface area contributed by atoms with Crippen LogP contribution in [0.5, 0.6) is 0 Å². The first-order chi connectivity index (χ1) is 11.0. The normalized spacial score (nSPS) is 43.2. The quantitative estimate of drug-likeness (QED) is 0.492. The third-order valence-electron chi connectivity index (χ3n) is 6.49. The number of aliphatic hydroxyl groups is 1. The van der Waals surface area contributed by atoms with Crippen molar-refractivity contribution in [3.8, 4) is 0 Å². The summed E-state index contributed by atoms with van der Waals surface area (Å²) in [5, 5.41) is 11.1. The van der Waals surface area contributed by atoms with E-state index in [9.17, 15) is 14.7 Å². The molecular formula is C20H26O3. The van der Waals surface area contributed by atoms with Crippen molar-refractivity contribution in [2.24, 2.45) is 29.1 Å². The fourth-order valence-electron chi connectivity index (χ4n) is 5.33. The fourth-order valence-corrected chi connectivity index (χ4v) is 5.33. The van der Waals surface area contributed by atoms with Crippen LogP contribution in [0.25, 0.3) is 0 Å². The molecule has 3 rings (SSSR count). The topological polar surface area (TPSA) is 54.4 Å². The van der Waals surface area contributed by atoms with E-state index in [-0.39, 0.29) is 11.3 Å². The Labute approximate surface area is 138 Å². The first kappa shape index (κ1) is 16.4. The molecule has 0 amide bonds. The van der Waals surface area contributed by atoms with Crippen LogP contribution in [0.1, 0.15) is 39.5 Å². The minimum absolute atomic E-state index is 0.0294. The maximum atomic E-state index is 11.5. The monoisotopic (exact) mass is 314 g/mol. The van der Waals surface area contributed by atoms with E-state index in [1.165, 1.54) is 6.42 Å². The zero-order chi connectivity index (χ0) is 16.6. The molecule has 0 saturated heterocycles. The lowest BCUT2D eigenvalue weighted by molar-refractivity contribution is -0.106. The second kappa shape index (κ2) is 6.20. The summed E-state index contributed by atoms with van der Waals surface area (Å²) >= 11 is 0. The van der Waals surface area contributed by atoms with Gasteiger partial charge in [-0.2, -0.15) is 0 Å². The maximum Gasteiger partial charge on any atom is 0.146 e.